The Balaban J connectivity index is 1.65. The van der Waals surface area contributed by atoms with Gasteiger partial charge in [-0.05, 0) is 26.3 Å². The van der Waals surface area contributed by atoms with E-state index in [1.165, 1.54) is 0 Å². The first-order chi connectivity index (χ1) is 12.3. The van der Waals surface area contributed by atoms with Crippen LogP contribution in [0.25, 0.3) is 0 Å². The SMILES string of the molecule is CCNC(=NCc1ccccc1OCC)NCc1nnc2n1CCC2. The zero-order chi connectivity index (χ0) is 17.5. The lowest BCUT2D eigenvalue weighted by Gasteiger charge is -2.12. The van der Waals surface area contributed by atoms with Gasteiger partial charge in [0.25, 0.3) is 0 Å². The molecular weight excluding hydrogens is 316 g/mol. The van der Waals surface area contributed by atoms with Crippen LogP contribution in [-0.2, 0) is 26.1 Å². The topological polar surface area (TPSA) is 76.4 Å². The zero-order valence-corrected chi connectivity index (χ0v) is 15.0. The van der Waals surface area contributed by atoms with Crippen molar-refractivity contribution in [2.24, 2.45) is 4.99 Å². The Labute approximate surface area is 148 Å². The largest absolute Gasteiger partial charge is 0.494 e. The van der Waals surface area contributed by atoms with E-state index in [-0.39, 0.29) is 0 Å². The Kier molecular flexibility index (Phi) is 5.87. The number of ether oxygens (including phenoxy) is 1. The molecule has 0 bridgehead atoms. The molecule has 0 saturated carbocycles. The van der Waals surface area contributed by atoms with Crippen LogP contribution in [0.3, 0.4) is 0 Å². The van der Waals surface area contributed by atoms with Crippen molar-refractivity contribution in [3.63, 3.8) is 0 Å². The minimum absolute atomic E-state index is 0.559. The molecule has 0 fully saturated rings. The number of fused-ring (bicyclic) bond motifs is 1. The van der Waals surface area contributed by atoms with Crippen LogP contribution in [0.4, 0.5) is 0 Å². The third-order valence-corrected chi connectivity index (χ3v) is 4.12. The number of hydrogen-bond acceptors (Lipinski definition) is 4. The maximum absolute atomic E-state index is 5.67. The summed E-state index contributed by atoms with van der Waals surface area (Å²) in [6, 6.07) is 8.01. The molecule has 134 valence electrons. The zero-order valence-electron chi connectivity index (χ0n) is 15.0. The molecule has 0 amide bonds. The number of rotatable bonds is 7. The van der Waals surface area contributed by atoms with Gasteiger partial charge in [0, 0.05) is 25.1 Å². The molecule has 3 rings (SSSR count). The lowest BCUT2D eigenvalue weighted by atomic mass is 10.2. The fraction of sp³-hybridized carbons (Fsp3) is 0.500. The lowest BCUT2D eigenvalue weighted by molar-refractivity contribution is 0.336. The maximum atomic E-state index is 5.67. The van der Waals surface area contributed by atoms with Crippen molar-refractivity contribution in [2.45, 2.75) is 46.3 Å². The number of benzene rings is 1. The van der Waals surface area contributed by atoms with Gasteiger partial charge in [-0.25, -0.2) is 4.99 Å². The van der Waals surface area contributed by atoms with Crippen LogP contribution >= 0.6 is 0 Å². The van der Waals surface area contributed by atoms with E-state index in [0.29, 0.717) is 19.7 Å². The van der Waals surface area contributed by atoms with Gasteiger partial charge in [0.05, 0.1) is 19.7 Å². The predicted octanol–water partition coefficient (Wildman–Crippen LogP) is 1.88. The summed E-state index contributed by atoms with van der Waals surface area (Å²) in [5.74, 6) is 3.71. The van der Waals surface area contributed by atoms with Gasteiger partial charge < -0.3 is 19.9 Å². The van der Waals surface area contributed by atoms with Gasteiger partial charge in [-0.2, -0.15) is 0 Å². The normalized spacial score (nSPS) is 13.6. The molecule has 1 aliphatic heterocycles. The first kappa shape index (κ1) is 17.3. The van der Waals surface area contributed by atoms with Crippen molar-refractivity contribution in [3.05, 3.63) is 41.5 Å². The summed E-state index contributed by atoms with van der Waals surface area (Å²) >= 11 is 0. The minimum Gasteiger partial charge on any atom is -0.494 e. The molecule has 2 heterocycles. The van der Waals surface area contributed by atoms with Crippen molar-refractivity contribution in [3.8, 4) is 5.75 Å². The minimum atomic E-state index is 0.559. The van der Waals surface area contributed by atoms with Gasteiger partial charge in [-0.3, -0.25) is 0 Å². The van der Waals surface area contributed by atoms with E-state index in [2.05, 4.69) is 37.3 Å². The van der Waals surface area contributed by atoms with Crippen molar-refractivity contribution < 1.29 is 4.74 Å². The highest BCUT2D eigenvalue weighted by Crippen LogP contribution is 2.18. The highest BCUT2D eigenvalue weighted by molar-refractivity contribution is 5.79. The van der Waals surface area contributed by atoms with Gasteiger partial charge in [0.2, 0.25) is 0 Å². The van der Waals surface area contributed by atoms with E-state index in [1.807, 2.05) is 31.2 Å². The average molecular weight is 342 g/mol. The number of nitrogens with zero attached hydrogens (tertiary/aromatic N) is 4. The summed E-state index contributed by atoms with van der Waals surface area (Å²) in [6.07, 6.45) is 2.18. The van der Waals surface area contributed by atoms with Gasteiger partial charge >= 0.3 is 0 Å². The molecule has 0 aliphatic carbocycles. The third-order valence-electron chi connectivity index (χ3n) is 4.12. The van der Waals surface area contributed by atoms with Crippen molar-refractivity contribution >= 4 is 5.96 Å². The number of aliphatic imine (C=N–C) groups is 1. The van der Waals surface area contributed by atoms with Crippen LogP contribution < -0.4 is 15.4 Å². The standard InChI is InChI=1S/C18H26N6O/c1-3-19-18(20-12-14-8-5-6-9-15(14)25-4-2)21-13-17-23-22-16-10-7-11-24(16)17/h5-6,8-9H,3-4,7,10-13H2,1-2H3,(H2,19,20,21). The molecule has 0 radical (unpaired) electrons. The first-order valence-corrected chi connectivity index (χ1v) is 8.95. The van der Waals surface area contributed by atoms with E-state index >= 15 is 0 Å². The number of aryl methyl sites for hydroxylation is 1. The molecule has 0 spiro atoms. The van der Waals surface area contributed by atoms with Crippen molar-refractivity contribution in [1.29, 1.82) is 0 Å². The Morgan fingerprint density at radius 3 is 2.96 bits per heavy atom. The lowest BCUT2D eigenvalue weighted by Crippen LogP contribution is -2.37. The van der Waals surface area contributed by atoms with Gasteiger partial charge in [0.15, 0.2) is 11.8 Å². The highest BCUT2D eigenvalue weighted by Gasteiger charge is 2.17. The van der Waals surface area contributed by atoms with E-state index in [1.54, 1.807) is 0 Å². The highest BCUT2D eigenvalue weighted by atomic mass is 16.5. The molecular formula is C18H26N6O. The first-order valence-electron chi connectivity index (χ1n) is 8.95. The molecule has 2 N–H and O–H groups in total. The quantitative estimate of drug-likeness (QED) is 0.593. The fourth-order valence-corrected chi connectivity index (χ4v) is 2.94. The number of aromatic nitrogens is 3. The van der Waals surface area contributed by atoms with Crippen molar-refractivity contribution in [1.82, 2.24) is 25.4 Å². The van der Waals surface area contributed by atoms with Crippen LogP contribution in [-0.4, -0.2) is 33.9 Å². The summed E-state index contributed by atoms with van der Waals surface area (Å²) in [5, 5.41) is 15.1. The van der Waals surface area contributed by atoms with E-state index < -0.39 is 0 Å². The van der Waals surface area contributed by atoms with Crippen LogP contribution in [0.15, 0.2) is 29.3 Å². The number of guanidine groups is 1. The molecule has 1 aromatic carbocycles. The summed E-state index contributed by atoms with van der Waals surface area (Å²) in [5.41, 5.74) is 1.07. The third kappa shape index (κ3) is 4.29. The van der Waals surface area contributed by atoms with Crippen LogP contribution in [0.2, 0.25) is 0 Å². The summed E-state index contributed by atoms with van der Waals surface area (Å²) in [4.78, 5) is 4.68. The molecule has 1 aliphatic rings. The Bertz CT molecular complexity index is 724. The summed E-state index contributed by atoms with van der Waals surface area (Å²) < 4.78 is 7.86. The molecule has 0 saturated heterocycles. The average Bonchev–Trinajstić information content (AvgIpc) is 3.23. The second kappa shape index (κ2) is 8.50. The molecule has 2 aromatic rings. The monoisotopic (exact) mass is 342 g/mol. The maximum Gasteiger partial charge on any atom is 0.191 e. The Morgan fingerprint density at radius 2 is 2.12 bits per heavy atom. The number of para-hydroxylation sites is 1. The number of hydrogen-bond donors (Lipinski definition) is 2. The molecule has 7 nitrogen and oxygen atoms in total. The fourth-order valence-electron chi connectivity index (χ4n) is 2.94. The molecule has 0 atom stereocenters. The van der Waals surface area contributed by atoms with E-state index in [9.17, 15) is 0 Å². The Morgan fingerprint density at radius 1 is 1.24 bits per heavy atom. The van der Waals surface area contributed by atoms with Crippen LogP contribution in [0, 0.1) is 0 Å². The van der Waals surface area contributed by atoms with E-state index in [4.69, 9.17) is 4.74 Å². The Hall–Kier alpha value is -2.57. The van der Waals surface area contributed by atoms with Crippen molar-refractivity contribution in [2.75, 3.05) is 13.2 Å². The summed E-state index contributed by atoms with van der Waals surface area (Å²) in [7, 11) is 0. The summed E-state index contributed by atoms with van der Waals surface area (Å²) in [6.45, 7) is 7.68. The van der Waals surface area contributed by atoms with Crippen LogP contribution in [0.1, 0.15) is 37.5 Å². The molecule has 25 heavy (non-hydrogen) atoms. The molecule has 0 unspecified atom stereocenters. The van der Waals surface area contributed by atoms with Gasteiger partial charge in [0.1, 0.15) is 11.6 Å². The van der Waals surface area contributed by atoms with Crippen LogP contribution in [0.5, 0.6) is 5.75 Å². The predicted molar refractivity (Wildman–Crippen MR) is 97.6 cm³/mol. The van der Waals surface area contributed by atoms with Gasteiger partial charge in [-0.1, -0.05) is 18.2 Å². The second-order valence-corrected chi connectivity index (χ2v) is 5.88. The molecule has 7 heteroatoms. The number of nitrogens with one attached hydrogen (secondary N) is 2. The van der Waals surface area contributed by atoms with Gasteiger partial charge in [-0.15, -0.1) is 10.2 Å². The van der Waals surface area contributed by atoms with E-state index in [0.717, 1.165) is 54.9 Å². The second-order valence-electron chi connectivity index (χ2n) is 5.88. The molecule has 1 aromatic heterocycles. The smallest absolute Gasteiger partial charge is 0.191 e.